The predicted octanol–water partition coefficient (Wildman–Crippen LogP) is 3.87. The minimum atomic E-state index is 0.419. The van der Waals surface area contributed by atoms with E-state index in [0.717, 1.165) is 4.47 Å². The molecule has 2 N–H and O–H groups in total. The number of hydrogen-bond donors (Lipinski definition) is 1. The Balaban J connectivity index is 2.27. The molecule has 0 amide bonds. The Morgan fingerprint density at radius 2 is 2.06 bits per heavy atom. The molecule has 0 radical (unpaired) electrons. The standard InChI is InChI=1S/C11H8BrClN2O/c12-9-5-7(13)1-2-10(9)16-8-3-4-15-11(14)6-8/h1-6H,(H2,14,15). The monoisotopic (exact) mass is 298 g/mol. The first kappa shape index (κ1) is 11.2. The molecule has 0 bridgehead atoms. The van der Waals surface area contributed by atoms with Gasteiger partial charge in [-0.1, -0.05) is 11.6 Å². The fourth-order valence-corrected chi connectivity index (χ4v) is 1.94. The lowest BCUT2D eigenvalue weighted by Crippen LogP contribution is -1.91. The van der Waals surface area contributed by atoms with Crippen LogP contribution in [0.2, 0.25) is 5.02 Å². The summed E-state index contributed by atoms with van der Waals surface area (Å²) in [6.45, 7) is 0. The number of aromatic nitrogens is 1. The first-order valence-corrected chi connectivity index (χ1v) is 5.67. The van der Waals surface area contributed by atoms with Crippen LogP contribution in [0, 0.1) is 0 Å². The van der Waals surface area contributed by atoms with Crippen LogP contribution in [-0.4, -0.2) is 4.98 Å². The van der Waals surface area contributed by atoms with Gasteiger partial charge in [-0.15, -0.1) is 0 Å². The second-order valence-corrected chi connectivity index (χ2v) is 4.38. The number of rotatable bonds is 2. The minimum Gasteiger partial charge on any atom is -0.456 e. The van der Waals surface area contributed by atoms with Crippen LogP contribution in [0.1, 0.15) is 0 Å². The van der Waals surface area contributed by atoms with Gasteiger partial charge < -0.3 is 10.5 Å². The van der Waals surface area contributed by atoms with Crippen molar-refractivity contribution in [3.63, 3.8) is 0 Å². The molecule has 0 saturated carbocycles. The molecular formula is C11H8BrClN2O. The highest BCUT2D eigenvalue weighted by Gasteiger charge is 2.03. The summed E-state index contributed by atoms with van der Waals surface area (Å²) < 4.78 is 6.41. The molecule has 1 aromatic heterocycles. The van der Waals surface area contributed by atoms with Gasteiger partial charge in [-0.2, -0.15) is 0 Å². The second-order valence-electron chi connectivity index (χ2n) is 3.09. The van der Waals surface area contributed by atoms with E-state index in [1.165, 1.54) is 0 Å². The largest absolute Gasteiger partial charge is 0.456 e. The molecule has 1 aromatic carbocycles. The number of ether oxygens (including phenoxy) is 1. The van der Waals surface area contributed by atoms with Crippen molar-refractivity contribution in [2.45, 2.75) is 0 Å². The van der Waals surface area contributed by atoms with Gasteiger partial charge in [0.2, 0.25) is 0 Å². The number of hydrogen-bond acceptors (Lipinski definition) is 3. The van der Waals surface area contributed by atoms with Crippen molar-refractivity contribution in [1.82, 2.24) is 4.98 Å². The molecule has 82 valence electrons. The number of nitrogens with two attached hydrogens (primary N) is 1. The van der Waals surface area contributed by atoms with Gasteiger partial charge in [0.15, 0.2) is 0 Å². The quantitative estimate of drug-likeness (QED) is 0.915. The fraction of sp³-hybridized carbons (Fsp3) is 0. The number of benzene rings is 1. The van der Waals surface area contributed by atoms with Crippen LogP contribution in [0.4, 0.5) is 5.82 Å². The lowest BCUT2D eigenvalue weighted by Gasteiger charge is -2.07. The summed E-state index contributed by atoms with van der Waals surface area (Å²) in [4.78, 5) is 3.88. The molecule has 2 aromatic rings. The lowest BCUT2D eigenvalue weighted by atomic mass is 10.3. The predicted molar refractivity (Wildman–Crippen MR) is 67.9 cm³/mol. The zero-order valence-corrected chi connectivity index (χ0v) is 10.5. The number of pyridine rings is 1. The van der Waals surface area contributed by atoms with Crippen LogP contribution in [0.3, 0.4) is 0 Å². The third-order valence-electron chi connectivity index (χ3n) is 1.87. The molecule has 0 saturated heterocycles. The molecule has 0 aliphatic rings. The van der Waals surface area contributed by atoms with Gasteiger partial charge in [-0.3, -0.25) is 0 Å². The van der Waals surface area contributed by atoms with Crippen molar-refractivity contribution < 1.29 is 4.74 Å². The van der Waals surface area contributed by atoms with E-state index in [9.17, 15) is 0 Å². The third kappa shape index (κ3) is 2.65. The molecule has 2 rings (SSSR count). The van der Waals surface area contributed by atoms with Crippen LogP contribution in [-0.2, 0) is 0 Å². The van der Waals surface area contributed by atoms with Crippen LogP contribution < -0.4 is 10.5 Å². The number of nitrogen functional groups attached to an aromatic ring is 1. The van der Waals surface area contributed by atoms with E-state index in [4.69, 9.17) is 22.1 Å². The molecule has 0 fully saturated rings. The van der Waals surface area contributed by atoms with Crippen molar-refractivity contribution in [3.8, 4) is 11.5 Å². The van der Waals surface area contributed by atoms with Crippen LogP contribution >= 0.6 is 27.5 Å². The highest BCUT2D eigenvalue weighted by molar-refractivity contribution is 9.10. The van der Waals surface area contributed by atoms with Crippen molar-refractivity contribution in [1.29, 1.82) is 0 Å². The van der Waals surface area contributed by atoms with E-state index < -0.39 is 0 Å². The molecule has 0 spiro atoms. The molecule has 5 heteroatoms. The summed E-state index contributed by atoms with van der Waals surface area (Å²) in [5.41, 5.74) is 5.55. The maximum atomic E-state index is 5.83. The molecule has 0 unspecified atom stereocenters. The van der Waals surface area contributed by atoms with E-state index in [2.05, 4.69) is 20.9 Å². The van der Waals surface area contributed by atoms with Crippen molar-refractivity contribution >= 4 is 33.3 Å². The average molecular weight is 300 g/mol. The van der Waals surface area contributed by atoms with E-state index in [1.807, 2.05) is 0 Å². The highest BCUT2D eigenvalue weighted by atomic mass is 79.9. The summed E-state index contributed by atoms with van der Waals surface area (Å²) in [6, 6.07) is 8.69. The van der Waals surface area contributed by atoms with Crippen LogP contribution in [0.25, 0.3) is 0 Å². The third-order valence-corrected chi connectivity index (χ3v) is 2.73. The Bertz CT molecular complexity index is 519. The van der Waals surface area contributed by atoms with E-state index >= 15 is 0 Å². The molecule has 16 heavy (non-hydrogen) atoms. The molecule has 3 nitrogen and oxygen atoms in total. The lowest BCUT2D eigenvalue weighted by molar-refractivity contribution is 0.479. The second kappa shape index (κ2) is 4.72. The smallest absolute Gasteiger partial charge is 0.141 e. The molecule has 0 aliphatic carbocycles. The normalized spacial score (nSPS) is 10.1. The Morgan fingerprint density at radius 1 is 1.25 bits per heavy atom. The fourth-order valence-electron chi connectivity index (χ4n) is 1.18. The number of anilines is 1. The first-order valence-electron chi connectivity index (χ1n) is 4.49. The zero-order chi connectivity index (χ0) is 11.5. The summed E-state index contributed by atoms with van der Waals surface area (Å²) in [5.74, 6) is 1.73. The van der Waals surface area contributed by atoms with Crippen LogP contribution in [0.5, 0.6) is 11.5 Å². The Hall–Kier alpha value is -1.26. The average Bonchev–Trinajstić information content (AvgIpc) is 2.22. The summed E-state index contributed by atoms with van der Waals surface area (Å²) >= 11 is 9.20. The zero-order valence-electron chi connectivity index (χ0n) is 8.15. The van der Waals surface area contributed by atoms with Crippen molar-refractivity contribution in [2.24, 2.45) is 0 Å². The topological polar surface area (TPSA) is 48.1 Å². The van der Waals surface area contributed by atoms with Crippen molar-refractivity contribution in [3.05, 3.63) is 46.0 Å². The van der Waals surface area contributed by atoms with Crippen molar-refractivity contribution in [2.75, 3.05) is 5.73 Å². The van der Waals surface area contributed by atoms with Gasteiger partial charge >= 0.3 is 0 Å². The van der Waals surface area contributed by atoms with Gasteiger partial charge in [0.25, 0.3) is 0 Å². The van der Waals surface area contributed by atoms with Gasteiger partial charge in [0, 0.05) is 17.3 Å². The SMILES string of the molecule is Nc1cc(Oc2ccc(Cl)cc2Br)ccn1. The summed E-state index contributed by atoms with van der Waals surface area (Å²) in [5, 5.41) is 0.647. The van der Waals surface area contributed by atoms with Gasteiger partial charge in [-0.25, -0.2) is 4.98 Å². The number of halogens is 2. The number of nitrogens with zero attached hydrogens (tertiary/aromatic N) is 1. The molecular weight excluding hydrogens is 291 g/mol. The van der Waals surface area contributed by atoms with Gasteiger partial charge in [0.05, 0.1) is 4.47 Å². The summed E-state index contributed by atoms with van der Waals surface area (Å²) in [7, 11) is 0. The highest BCUT2D eigenvalue weighted by Crippen LogP contribution is 2.31. The first-order chi connectivity index (χ1) is 7.65. The maximum Gasteiger partial charge on any atom is 0.141 e. The van der Waals surface area contributed by atoms with Crippen LogP contribution in [0.15, 0.2) is 41.0 Å². The minimum absolute atomic E-state index is 0.419. The van der Waals surface area contributed by atoms with E-state index in [1.54, 1.807) is 36.5 Å². The maximum absolute atomic E-state index is 5.83. The Morgan fingerprint density at radius 3 is 2.75 bits per heavy atom. The Kier molecular flexibility index (Phi) is 3.31. The van der Waals surface area contributed by atoms with E-state index in [0.29, 0.717) is 22.3 Å². The van der Waals surface area contributed by atoms with Gasteiger partial charge in [0.1, 0.15) is 17.3 Å². The molecule has 1 heterocycles. The van der Waals surface area contributed by atoms with E-state index in [-0.39, 0.29) is 0 Å². The summed E-state index contributed by atoms with van der Waals surface area (Å²) in [6.07, 6.45) is 1.59. The molecule has 0 atom stereocenters. The van der Waals surface area contributed by atoms with Gasteiger partial charge in [-0.05, 0) is 40.2 Å². The molecule has 0 aliphatic heterocycles. The Labute approximate surface area is 106 Å².